The zero-order valence-electron chi connectivity index (χ0n) is 15.0. The average Bonchev–Trinajstić information content (AvgIpc) is 3.31. The van der Waals surface area contributed by atoms with Gasteiger partial charge in [0, 0.05) is 24.5 Å². The van der Waals surface area contributed by atoms with Crippen LogP contribution in [0.15, 0.2) is 35.7 Å². The standard InChI is InChI=1S/C20H24N4OS/c1-14-6-7-17-18(12-14)23-20(22-17)24-10-2-4-15(13-24)19(25)21-9-8-16-5-3-11-26-16/h3,5-7,11-12,15H,2,4,8-10,13H2,1H3,(H,21,25)(H,22,23)/t15-/m0/s1. The number of piperidine rings is 1. The lowest BCUT2D eigenvalue weighted by Gasteiger charge is -2.31. The van der Waals surface area contributed by atoms with Crippen molar-refractivity contribution in [3.63, 3.8) is 0 Å². The molecular formula is C20H24N4OS. The number of aromatic amines is 1. The molecule has 6 heteroatoms. The molecular weight excluding hydrogens is 344 g/mol. The Balaban J connectivity index is 1.37. The van der Waals surface area contributed by atoms with Crippen LogP contribution in [0, 0.1) is 12.8 Å². The van der Waals surface area contributed by atoms with Crippen LogP contribution in [0.5, 0.6) is 0 Å². The van der Waals surface area contributed by atoms with Crippen LogP contribution < -0.4 is 10.2 Å². The fourth-order valence-electron chi connectivity index (χ4n) is 3.55. The predicted molar refractivity (Wildman–Crippen MR) is 107 cm³/mol. The SMILES string of the molecule is Cc1ccc2nc(N3CCC[C@H](C(=O)NCCc4cccs4)C3)[nH]c2c1. The first kappa shape index (κ1) is 17.1. The fraction of sp³-hybridized carbons (Fsp3) is 0.400. The molecule has 1 atom stereocenters. The van der Waals surface area contributed by atoms with Gasteiger partial charge in [-0.1, -0.05) is 12.1 Å². The van der Waals surface area contributed by atoms with Gasteiger partial charge >= 0.3 is 0 Å². The quantitative estimate of drug-likeness (QED) is 0.724. The van der Waals surface area contributed by atoms with E-state index in [1.807, 2.05) is 6.07 Å². The second-order valence-corrected chi connectivity index (χ2v) is 8.02. The summed E-state index contributed by atoms with van der Waals surface area (Å²) in [5.74, 6) is 1.07. The molecule has 5 nitrogen and oxygen atoms in total. The molecule has 0 aliphatic carbocycles. The number of amides is 1. The fourth-order valence-corrected chi connectivity index (χ4v) is 4.26. The molecule has 0 unspecified atom stereocenters. The normalized spacial score (nSPS) is 17.6. The maximum Gasteiger partial charge on any atom is 0.224 e. The number of nitrogens with one attached hydrogen (secondary N) is 2. The van der Waals surface area contributed by atoms with E-state index in [9.17, 15) is 4.79 Å². The summed E-state index contributed by atoms with van der Waals surface area (Å²) in [6, 6.07) is 10.4. The molecule has 26 heavy (non-hydrogen) atoms. The highest BCUT2D eigenvalue weighted by Crippen LogP contribution is 2.24. The van der Waals surface area contributed by atoms with Gasteiger partial charge < -0.3 is 15.2 Å². The molecule has 1 fully saturated rings. The number of hydrogen-bond acceptors (Lipinski definition) is 4. The van der Waals surface area contributed by atoms with E-state index in [0.29, 0.717) is 6.54 Å². The Hall–Kier alpha value is -2.34. The first-order chi connectivity index (χ1) is 12.7. The first-order valence-electron chi connectivity index (χ1n) is 9.20. The number of aromatic nitrogens is 2. The van der Waals surface area contributed by atoms with Gasteiger partial charge in [0.25, 0.3) is 0 Å². The number of carbonyl (C=O) groups excluding carboxylic acids is 1. The first-order valence-corrected chi connectivity index (χ1v) is 10.1. The second kappa shape index (κ2) is 7.50. The summed E-state index contributed by atoms with van der Waals surface area (Å²) in [5, 5.41) is 5.18. The van der Waals surface area contributed by atoms with Crippen LogP contribution in [0.2, 0.25) is 0 Å². The number of aryl methyl sites for hydroxylation is 1. The van der Waals surface area contributed by atoms with Crippen LogP contribution in [-0.2, 0) is 11.2 Å². The van der Waals surface area contributed by atoms with E-state index in [1.165, 1.54) is 10.4 Å². The van der Waals surface area contributed by atoms with Gasteiger partial charge in [0.05, 0.1) is 17.0 Å². The Kier molecular flexibility index (Phi) is 4.93. The minimum atomic E-state index is 0.0297. The number of H-pyrrole nitrogens is 1. The average molecular weight is 369 g/mol. The summed E-state index contributed by atoms with van der Waals surface area (Å²) in [6.45, 7) is 4.46. The highest BCUT2D eigenvalue weighted by atomic mass is 32.1. The summed E-state index contributed by atoms with van der Waals surface area (Å²) >= 11 is 1.74. The van der Waals surface area contributed by atoms with Crippen molar-refractivity contribution in [3.8, 4) is 0 Å². The third-order valence-electron chi connectivity index (χ3n) is 4.97. The highest BCUT2D eigenvalue weighted by Gasteiger charge is 2.27. The summed E-state index contributed by atoms with van der Waals surface area (Å²) < 4.78 is 0. The zero-order valence-corrected chi connectivity index (χ0v) is 15.8. The highest BCUT2D eigenvalue weighted by molar-refractivity contribution is 7.09. The topological polar surface area (TPSA) is 61.0 Å². The number of thiophene rings is 1. The van der Waals surface area contributed by atoms with E-state index in [4.69, 9.17) is 4.98 Å². The Morgan fingerprint density at radius 1 is 1.42 bits per heavy atom. The third kappa shape index (κ3) is 3.75. The molecule has 3 aromatic rings. The number of fused-ring (bicyclic) bond motifs is 1. The van der Waals surface area contributed by atoms with Crippen LogP contribution in [0.25, 0.3) is 11.0 Å². The molecule has 1 saturated heterocycles. The number of anilines is 1. The van der Waals surface area contributed by atoms with Crippen LogP contribution in [0.3, 0.4) is 0 Å². The van der Waals surface area contributed by atoms with Crippen LogP contribution in [0.4, 0.5) is 5.95 Å². The van der Waals surface area contributed by atoms with Crippen molar-refractivity contribution in [2.24, 2.45) is 5.92 Å². The van der Waals surface area contributed by atoms with Crippen molar-refractivity contribution in [3.05, 3.63) is 46.2 Å². The van der Waals surface area contributed by atoms with E-state index in [2.05, 4.69) is 51.8 Å². The molecule has 0 bridgehead atoms. The van der Waals surface area contributed by atoms with E-state index >= 15 is 0 Å². The van der Waals surface area contributed by atoms with Crippen LogP contribution in [0.1, 0.15) is 23.3 Å². The van der Waals surface area contributed by atoms with Gasteiger partial charge in [-0.15, -0.1) is 11.3 Å². The van der Waals surface area contributed by atoms with E-state index < -0.39 is 0 Å². The van der Waals surface area contributed by atoms with Crippen LogP contribution in [-0.4, -0.2) is 35.5 Å². The number of rotatable bonds is 5. The van der Waals surface area contributed by atoms with Gasteiger partial charge in [-0.25, -0.2) is 4.98 Å². The predicted octanol–water partition coefficient (Wildman–Crippen LogP) is 3.51. The minimum absolute atomic E-state index is 0.0297. The van der Waals surface area contributed by atoms with E-state index in [-0.39, 0.29) is 11.8 Å². The molecule has 1 amide bonds. The Morgan fingerprint density at radius 3 is 3.19 bits per heavy atom. The summed E-state index contributed by atoms with van der Waals surface area (Å²) in [6.07, 6.45) is 2.86. The van der Waals surface area contributed by atoms with Crippen molar-refractivity contribution < 1.29 is 4.79 Å². The Labute approximate surface area is 157 Å². The zero-order chi connectivity index (χ0) is 17.9. The molecule has 1 aromatic carbocycles. The van der Waals surface area contributed by atoms with Gasteiger partial charge in [-0.3, -0.25) is 4.79 Å². The molecule has 0 saturated carbocycles. The lowest BCUT2D eigenvalue weighted by molar-refractivity contribution is -0.125. The van der Waals surface area contributed by atoms with E-state index in [1.54, 1.807) is 11.3 Å². The molecule has 1 aliphatic heterocycles. The maximum atomic E-state index is 12.6. The monoisotopic (exact) mass is 368 g/mol. The largest absolute Gasteiger partial charge is 0.355 e. The molecule has 136 valence electrons. The maximum absolute atomic E-state index is 12.6. The molecule has 2 N–H and O–H groups in total. The van der Waals surface area contributed by atoms with Crippen LogP contribution >= 0.6 is 11.3 Å². The number of hydrogen-bond donors (Lipinski definition) is 2. The lowest BCUT2D eigenvalue weighted by atomic mass is 9.97. The van der Waals surface area contributed by atoms with Gasteiger partial charge in [-0.2, -0.15) is 0 Å². The van der Waals surface area contributed by atoms with Gasteiger partial charge in [0.15, 0.2) is 0 Å². The molecule has 0 radical (unpaired) electrons. The Bertz CT molecular complexity index is 886. The number of carbonyl (C=O) groups is 1. The Morgan fingerprint density at radius 2 is 2.35 bits per heavy atom. The number of imidazole rings is 1. The second-order valence-electron chi connectivity index (χ2n) is 6.99. The summed E-state index contributed by atoms with van der Waals surface area (Å²) in [7, 11) is 0. The number of benzene rings is 1. The van der Waals surface area contributed by atoms with Crippen molar-refractivity contribution in [1.82, 2.24) is 15.3 Å². The molecule has 2 aromatic heterocycles. The summed E-state index contributed by atoms with van der Waals surface area (Å²) in [5.41, 5.74) is 3.25. The number of nitrogens with zero attached hydrogens (tertiary/aromatic N) is 2. The van der Waals surface area contributed by atoms with Gasteiger partial charge in [-0.05, 0) is 55.3 Å². The van der Waals surface area contributed by atoms with E-state index in [0.717, 1.165) is 49.3 Å². The van der Waals surface area contributed by atoms with Gasteiger partial charge in [0.1, 0.15) is 0 Å². The van der Waals surface area contributed by atoms with Crippen molar-refractivity contribution in [2.45, 2.75) is 26.2 Å². The van der Waals surface area contributed by atoms with Crippen molar-refractivity contribution in [2.75, 3.05) is 24.5 Å². The smallest absolute Gasteiger partial charge is 0.224 e. The molecule has 0 spiro atoms. The van der Waals surface area contributed by atoms with Gasteiger partial charge in [0.2, 0.25) is 11.9 Å². The summed E-state index contributed by atoms with van der Waals surface area (Å²) in [4.78, 5) is 24.2. The molecule has 1 aliphatic rings. The third-order valence-corrected chi connectivity index (χ3v) is 5.90. The van der Waals surface area contributed by atoms with Crippen molar-refractivity contribution in [1.29, 1.82) is 0 Å². The molecule has 4 rings (SSSR count). The minimum Gasteiger partial charge on any atom is -0.355 e. The molecule has 3 heterocycles. The van der Waals surface area contributed by atoms with Crippen molar-refractivity contribution >= 4 is 34.2 Å². The lowest BCUT2D eigenvalue weighted by Crippen LogP contribution is -2.43.